The van der Waals surface area contributed by atoms with Gasteiger partial charge < -0.3 is 5.11 Å². The molecule has 0 fully saturated rings. The van der Waals surface area contributed by atoms with Gasteiger partial charge in [-0.2, -0.15) is 15.3 Å². The average Bonchev–Trinajstić information content (AvgIpc) is 3.50. The smallest absolute Gasteiger partial charge is 0.138 e. The van der Waals surface area contributed by atoms with Crippen LogP contribution in [0.3, 0.4) is 0 Å². The Kier molecular flexibility index (Phi) is 2.97. The predicted octanol–water partition coefficient (Wildman–Crippen LogP) is 0.177. The first kappa shape index (κ1) is 12.0. The maximum absolute atomic E-state index is 15.2. The van der Waals surface area contributed by atoms with Crippen LogP contribution in [0.15, 0.2) is 56.2 Å². The molecule has 0 saturated carbocycles. The van der Waals surface area contributed by atoms with Gasteiger partial charge in [-0.3, -0.25) is 0 Å². The summed E-state index contributed by atoms with van der Waals surface area (Å²) in [6.07, 6.45) is 6.48. The van der Waals surface area contributed by atoms with Crippen LogP contribution >= 0.6 is 0 Å². The summed E-state index contributed by atoms with van der Waals surface area (Å²) in [5, 5.41) is 22.8. The zero-order valence-corrected chi connectivity index (χ0v) is 13.0. The van der Waals surface area contributed by atoms with E-state index in [0.717, 1.165) is 37.4 Å². The van der Waals surface area contributed by atoms with Crippen molar-refractivity contribution in [2.75, 3.05) is 0 Å². The van der Waals surface area contributed by atoms with Gasteiger partial charge in [-0.05, 0) is 12.1 Å². The van der Waals surface area contributed by atoms with E-state index in [4.69, 9.17) is 5.48 Å². The van der Waals surface area contributed by atoms with Gasteiger partial charge >= 0.3 is 0 Å². The Morgan fingerprint density at radius 1 is 0.962 bits per heavy atom. The molecule has 4 aromatic rings. The van der Waals surface area contributed by atoms with E-state index in [1.165, 1.54) is 23.4 Å². The fourth-order valence-corrected chi connectivity index (χ4v) is 2.29. The van der Waals surface area contributed by atoms with Crippen molar-refractivity contribution in [1.82, 2.24) is 44.3 Å². The number of rotatable bonds is 6. The number of nitrogens with zero attached hydrogens (tertiary/aromatic N) is 9. The average molecular weight is 359 g/mol. The fraction of sp³-hybridized carbons (Fsp3) is 0.200. The van der Waals surface area contributed by atoms with Crippen LogP contribution in [0.2, 0.25) is 0 Å². The molecule has 0 radical (unpaired) electrons. The van der Waals surface area contributed by atoms with Gasteiger partial charge in [0.2, 0.25) is 0 Å². The van der Waals surface area contributed by atoms with Gasteiger partial charge in [-0.15, -0.1) is 0 Å². The van der Waals surface area contributed by atoms with Gasteiger partial charge in [0, 0.05) is 5.56 Å². The number of aromatic nitrogens is 9. The summed E-state index contributed by atoms with van der Waals surface area (Å²) >= 11 is 0. The Balaban J connectivity index is 1.95. The molecule has 11 heteroatoms. The molecule has 3 aromatic heterocycles. The zero-order valence-electron chi connectivity index (χ0n) is 17.0. The minimum Gasteiger partial charge on any atom is -0.381 e. The van der Waals surface area contributed by atoms with Crippen LogP contribution in [0.25, 0.3) is 5.69 Å². The molecule has 0 aliphatic carbocycles. The van der Waals surface area contributed by atoms with Gasteiger partial charge in [-0.25, -0.2) is 33.4 Å². The normalized spacial score (nSPS) is 15.2. The van der Waals surface area contributed by atoms with Crippen molar-refractivity contribution in [2.45, 2.75) is 18.6 Å². The number of benzene rings is 1. The van der Waals surface area contributed by atoms with Crippen LogP contribution in [0.1, 0.15) is 11.0 Å². The zero-order chi connectivity index (χ0) is 21.6. The van der Waals surface area contributed by atoms with E-state index in [0.29, 0.717) is 9.36 Å². The van der Waals surface area contributed by atoms with Gasteiger partial charge in [0.05, 0.1) is 24.2 Å². The van der Waals surface area contributed by atoms with Crippen molar-refractivity contribution in [3.63, 3.8) is 0 Å². The SMILES string of the molecule is [2H]C([2H])(n1cncn1)C(O)(c1ccc(-n2cncn2)cc1F)C([2H])([2H])n1cncn1. The van der Waals surface area contributed by atoms with E-state index >= 15 is 4.39 Å². The van der Waals surface area contributed by atoms with Gasteiger partial charge in [0.1, 0.15) is 49.4 Å². The molecule has 0 unspecified atom stereocenters. The molecular formula is C15H14FN9O. The largest absolute Gasteiger partial charge is 0.381 e. The molecule has 1 N–H and O–H groups in total. The summed E-state index contributed by atoms with van der Waals surface area (Å²) in [5.41, 5.74) is -3.60. The molecule has 4 rings (SSSR count). The fourth-order valence-electron chi connectivity index (χ4n) is 2.29. The number of hydrogen-bond donors (Lipinski definition) is 1. The van der Waals surface area contributed by atoms with Crippen molar-refractivity contribution in [2.24, 2.45) is 0 Å². The Morgan fingerprint density at radius 3 is 2.08 bits per heavy atom. The Labute approximate surface area is 152 Å². The Morgan fingerprint density at radius 2 is 1.58 bits per heavy atom. The van der Waals surface area contributed by atoms with Crippen molar-refractivity contribution in [3.8, 4) is 5.69 Å². The number of hydrogen-bond acceptors (Lipinski definition) is 7. The minimum atomic E-state index is -3.16. The molecule has 0 spiro atoms. The maximum atomic E-state index is 15.2. The third kappa shape index (κ3) is 3.07. The lowest BCUT2D eigenvalue weighted by Crippen LogP contribution is -2.37. The molecular weight excluding hydrogens is 341 g/mol. The summed E-state index contributed by atoms with van der Waals surface area (Å²) in [7, 11) is 0. The highest BCUT2D eigenvalue weighted by Gasteiger charge is 2.34. The summed E-state index contributed by atoms with van der Waals surface area (Å²) in [6, 6.07) is 3.38. The van der Waals surface area contributed by atoms with E-state index in [2.05, 4.69) is 30.2 Å². The Bertz CT molecular complexity index is 1090. The van der Waals surface area contributed by atoms with Gasteiger partial charge in [-0.1, -0.05) is 6.07 Å². The highest BCUT2D eigenvalue weighted by Crippen LogP contribution is 2.29. The number of aliphatic hydroxyl groups is 1. The minimum absolute atomic E-state index is 0.235. The second-order valence-electron chi connectivity index (χ2n) is 5.12. The third-order valence-corrected chi connectivity index (χ3v) is 3.42. The highest BCUT2D eigenvalue weighted by atomic mass is 19.1. The molecule has 0 bridgehead atoms. The van der Waals surface area contributed by atoms with E-state index in [1.807, 2.05) is 0 Å². The topological polar surface area (TPSA) is 112 Å². The molecule has 26 heavy (non-hydrogen) atoms. The van der Waals surface area contributed by atoms with Crippen molar-refractivity contribution in [3.05, 3.63) is 67.5 Å². The maximum Gasteiger partial charge on any atom is 0.138 e. The standard InChI is InChI=1S/C15H14FN9O/c16-14-3-12(25-11-19-8-22-25)1-2-13(14)15(26,4-23-9-17-6-20-23)5-24-10-18-7-21-24/h1-3,6-11,26H,4-5H2/i4D2,5D2. The lowest BCUT2D eigenvalue weighted by Gasteiger charge is -2.28. The summed E-state index contributed by atoms with van der Waals surface area (Å²) in [6.45, 7) is -6.01. The van der Waals surface area contributed by atoms with Crippen molar-refractivity contribution in [1.29, 1.82) is 0 Å². The van der Waals surface area contributed by atoms with E-state index in [-0.39, 0.29) is 5.69 Å². The number of halogens is 1. The van der Waals surface area contributed by atoms with Crippen molar-refractivity contribution < 1.29 is 15.0 Å². The molecule has 1 aromatic carbocycles. The lowest BCUT2D eigenvalue weighted by atomic mass is 9.92. The van der Waals surface area contributed by atoms with Crippen LogP contribution in [-0.2, 0) is 18.6 Å². The molecule has 0 amide bonds. The van der Waals surface area contributed by atoms with Gasteiger partial charge in [0.25, 0.3) is 0 Å². The summed E-state index contributed by atoms with van der Waals surface area (Å²) in [5.74, 6) is -1.08. The van der Waals surface area contributed by atoms with Crippen molar-refractivity contribution >= 4 is 0 Å². The first-order valence-corrected chi connectivity index (χ1v) is 7.27. The van der Waals surface area contributed by atoms with Crippen LogP contribution < -0.4 is 0 Å². The first-order valence-electron chi connectivity index (χ1n) is 9.27. The van der Waals surface area contributed by atoms with Gasteiger partial charge in [0.15, 0.2) is 0 Å². The van der Waals surface area contributed by atoms with Crippen LogP contribution in [-0.4, -0.2) is 49.4 Å². The Hall–Kier alpha value is -3.47. The quantitative estimate of drug-likeness (QED) is 0.522. The summed E-state index contributed by atoms with van der Waals surface area (Å²) < 4.78 is 51.7. The van der Waals surface area contributed by atoms with E-state index in [1.54, 1.807) is 0 Å². The molecule has 0 saturated heterocycles. The summed E-state index contributed by atoms with van der Waals surface area (Å²) in [4.78, 5) is 11.1. The second-order valence-corrected chi connectivity index (χ2v) is 5.12. The second kappa shape index (κ2) is 6.44. The molecule has 132 valence electrons. The highest BCUT2D eigenvalue weighted by molar-refractivity contribution is 5.37. The molecule has 10 nitrogen and oxygen atoms in total. The predicted molar refractivity (Wildman–Crippen MR) is 85.3 cm³/mol. The van der Waals surface area contributed by atoms with Crippen LogP contribution in [0.4, 0.5) is 4.39 Å². The molecule has 0 aliphatic heterocycles. The monoisotopic (exact) mass is 359 g/mol. The van der Waals surface area contributed by atoms with E-state index < -0.39 is 30.0 Å². The molecule has 3 heterocycles. The molecule has 0 atom stereocenters. The van der Waals surface area contributed by atoms with E-state index in [9.17, 15) is 5.11 Å². The lowest BCUT2D eigenvalue weighted by molar-refractivity contribution is -0.00847. The molecule has 0 aliphatic rings. The first-order chi connectivity index (χ1) is 14.2. The van der Waals surface area contributed by atoms with Crippen LogP contribution in [0.5, 0.6) is 0 Å². The van der Waals surface area contributed by atoms with Crippen LogP contribution in [0, 0.1) is 5.82 Å². The third-order valence-electron chi connectivity index (χ3n) is 3.42.